The summed E-state index contributed by atoms with van der Waals surface area (Å²) in [4.78, 5) is 0. The van der Waals surface area contributed by atoms with Crippen LogP contribution in [0.2, 0.25) is 0 Å². The summed E-state index contributed by atoms with van der Waals surface area (Å²) in [5.74, 6) is -0.103. The van der Waals surface area contributed by atoms with E-state index in [1.54, 1.807) is 6.07 Å². The molecule has 0 aliphatic rings. The van der Waals surface area contributed by atoms with Crippen LogP contribution in [0.4, 0.5) is 4.39 Å². The zero-order valence-corrected chi connectivity index (χ0v) is 6.73. The molecule has 11 heavy (non-hydrogen) atoms. The smallest absolute Gasteiger partial charge is 0.126 e. The average molecular weight is 151 g/mol. The lowest BCUT2D eigenvalue weighted by Crippen LogP contribution is -1.89. The SMILES string of the molecule is [CH2]Cc1ccc(CC)c(F)c1. The third kappa shape index (κ3) is 1.79. The van der Waals surface area contributed by atoms with Gasteiger partial charge in [0.05, 0.1) is 0 Å². The molecule has 0 bridgehead atoms. The molecule has 1 radical (unpaired) electrons. The van der Waals surface area contributed by atoms with Gasteiger partial charge in [-0.2, -0.15) is 0 Å². The van der Waals surface area contributed by atoms with E-state index in [0.29, 0.717) is 6.42 Å². The second kappa shape index (κ2) is 3.51. The quantitative estimate of drug-likeness (QED) is 0.609. The molecule has 1 rings (SSSR count). The predicted molar refractivity (Wildman–Crippen MR) is 44.8 cm³/mol. The Balaban J connectivity index is 2.99. The van der Waals surface area contributed by atoms with Crippen LogP contribution < -0.4 is 0 Å². The summed E-state index contributed by atoms with van der Waals surface area (Å²) >= 11 is 0. The Morgan fingerprint density at radius 3 is 2.64 bits per heavy atom. The number of halogens is 1. The van der Waals surface area contributed by atoms with Gasteiger partial charge in [0, 0.05) is 0 Å². The van der Waals surface area contributed by atoms with Crippen molar-refractivity contribution < 1.29 is 4.39 Å². The average Bonchev–Trinajstić information content (AvgIpc) is 2.04. The summed E-state index contributed by atoms with van der Waals surface area (Å²) in [6, 6.07) is 5.32. The number of benzene rings is 1. The highest BCUT2D eigenvalue weighted by Crippen LogP contribution is 2.10. The van der Waals surface area contributed by atoms with Gasteiger partial charge in [-0.25, -0.2) is 4.39 Å². The van der Waals surface area contributed by atoms with Crippen molar-refractivity contribution in [3.05, 3.63) is 42.1 Å². The van der Waals surface area contributed by atoms with E-state index in [2.05, 4.69) is 6.92 Å². The molecular weight excluding hydrogens is 139 g/mol. The first-order valence-electron chi connectivity index (χ1n) is 3.84. The minimum absolute atomic E-state index is 0.103. The van der Waals surface area contributed by atoms with Crippen molar-refractivity contribution >= 4 is 0 Å². The van der Waals surface area contributed by atoms with Crippen LogP contribution in [0.15, 0.2) is 18.2 Å². The van der Waals surface area contributed by atoms with Crippen molar-refractivity contribution in [2.45, 2.75) is 19.8 Å². The van der Waals surface area contributed by atoms with Gasteiger partial charge in [-0.05, 0) is 37.0 Å². The fourth-order valence-electron chi connectivity index (χ4n) is 1.03. The Morgan fingerprint density at radius 2 is 2.18 bits per heavy atom. The molecule has 0 atom stereocenters. The molecular formula is C10H12F. The maximum Gasteiger partial charge on any atom is 0.126 e. The minimum Gasteiger partial charge on any atom is -0.207 e. The van der Waals surface area contributed by atoms with E-state index in [1.165, 1.54) is 0 Å². The number of hydrogen-bond donors (Lipinski definition) is 0. The van der Waals surface area contributed by atoms with Gasteiger partial charge in [-0.1, -0.05) is 19.1 Å². The molecule has 0 spiro atoms. The van der Waals surface area contributed by atoms with Crippen molar-refractivity contribution in [3.8, 4) is 0 Å². The Hall–Kier alpha value is -0.850. The summed E-state index contributed by atoms with van der Waals surface area (Å²) in [6.07, 6.45) is 1.41. The lowest BCUT2D eigenvalue weighted by molar-refractivity contribution is 0.610. The van der Waals surface area contributed by atoms with Crippen LogP contribution in [0.3, 0.4) is 0 Å². The summed E-state index contributed by atoms with van der Waals surface area (Å²) in [5, 5.41) is 0. The minimum atomic E-state index is -0.103. The molecule has 0 N–H and O–H groups in total. The molecule has 0 unspecified atom stereocenters. The summed E-state index contributed by atoms with van der Waals surface area (Å²) < 4.78 is 13.0. The fourth-order valence-corrected chi connectivity index (χ4v) is 1.03. The third-order valence-corrected chi connectivity index (χ3v) is 1.79. The topological polar surface area (TPSA) is 0 Å². The highest BCUT2D eigenvalue weighted by Gasteiger charge is 1.99. The Labute approximate surface area is 67.1 Å². The fraction of sp³-hybridized carbons (Fsp3) is 0.300. The van der Waals surface area contributed by atoms with E-state index in [-0.39, 0.29) is 5.82 Å². The molecule has 0 aromatic heterocycles. The van der Waals surface area contributed by atoms with Crippen LogP contribution in [0, 0.1) is 12.7 Å². The molecule has 59 valence electrons. The largest absolute Gasteiger partial charge is 0.207 e. The van der Waals surface area contributed by atoms with Crippen molar-refractivity contribution in [2.75, 3.05) is 0 Å². The maximum absolute atomic E-state index is 13.0. The first-order chi connectivity index (χ1) is 5.27. The van der Waals surface area contributed by atoms with Crippen LogP contribution in [-0.2, 0) is 12.8 Å². The van der Waals surface area contributed by atoms with Gasteiger partial charge in [-0.3, -0.25) is 0 Å². The van der Waals surface area contributed by atoms with E-state index in [0.717, 1.165) is 17.5 Å². The molecule has 1 heteroatoms. The van der Waals surface area contributed by atoms with Gasteiger partial charge in [-0.15, -0.1) is 0 Å². The molecule has 0 heterocycles. The molecule has 1 aromatic rings. The third-order valence-electron chi connectivity index (χ3n) is 1.79. The van der Waals surface area contributed by atoms with E-state index >= 15 is 0 Å². The van der Waals surface area contributed by atoms with Gasteiger partial charge in [0.25, 0.3) is 0 Å². The summed E-state index contributed by atoms with van der Waals surface area (Å²) in [5.41, 5.74) is 1.74. The number of hydrogen-bond acceptors (Lipinski definition) is 0. The Morgan fingerprint density at radius 1 is 1.45 bits per heavy atom. The maximum atomic E-state index is 13.0. The van der Waals surface area contributed by atoms with E-state index in [9.17, 15) is 4.39 Å². The standard InChI is InChI=1S/C10H12F/c1-3-8-5-6-9(4-2)10(11)7-8/h5-7H,1,3-4H2,2H3. The molecule has 0 fully saturated rings. The Kier molecular flexibility index (Phi) is 2.64. The second-order valence-corrected chi connectivity index (χ2v) is 2.53. The van der Waals surface area contributed by atoms with Gasteiger partial charge in [0.15, 0.2) is 0 Å². The van der Waals surface area contributed by atoms with Gasteiger partial charge in [0.2, 0.25) is 0 Å². The van der Waals surface area contributed by atoms with Crippen molar-refractivity contribution in [1.29, 1.82) is 0 Å². The molecule has 0 nitrogen and oxygen atoms in total. The predicted octanol–water partition coefficient (Wildman–Crippen LogP) is 2.76. The highest BCUT2D eigenvalue weighted by atomic mass is 19.1. The summed E-state index contributed by atoms with van der Waals surface area (Å²) in [6.45, 7) is 5.63. The van der Waals surface area contributed by atoms with Crippen molar-refractivity contribution in [3.63, 3.8) is 0 Å². The summed E-state index contributed by atoms with van der Waals surface area (Å²) in [7, 11) is 0. The molecule has 0 aliphatic carbocycles. The molecule has 1 aromatic carbocycles. The van der Waals surface area contributed by atoms with Crippen molar-refractivity contribution in [2.24, 2.45) is 0 Å². The van der Waals surface area contributed by atoms with Gasteiger partial charge >= 0.3 is 0 Å². The number of aryl methyl sites for hydroxylation is 1. The molecule has 0 saturated heterocycles. The molecule has 0 aliphatic heterocycles. The zero-order chi connectivity index (χ0) is 8.27. The van der Waals surface area contributed by atoms with Gasteiger partial charge < -0.3 is 0 Å². The van der Waals surface area contributed by atoms with Gasteiger partial charge in [0.1, 0.15) is 5.82 Å². The zero-order valence-electron chi connectivity index (χ0n) is 6.73. The van der Waals surface area contributed by atoms with E-state index in [1.807, 2.05) is 19.1 Å². The first-order valence-corrected chi connectivity index (χ1v) is 3.84. The van der Waals surface area contributed by atoms with Crippen LogP contribution in [0.25, 0.3) is 0 Å². The Bertz CT molecular complexity index is 241. The molecule has 0 amide bonds. The first kappa shape index (κ1) is 8.25. The number of rotatable bonds is 2. The van der Waals surface area contributed by atoms with Crippen LogP contribution >= 0.6 is 0 Å². The second-order valence-electron chi connectivity index (χ2n) is 2.53. The lowest BCUT2D eigenvalue weighted by atomic mass is 10.1. The van der Waals surface area contributed by atoms with E-state index < -0.39 is 0 Å². The monoisotopic (exact) mass is 151 g/mol. The molecule has 0 saturated carbocycles. The van der Waals surface area contributed by atoms with Crippen LogP contribution in [0.1, 0.15) is 18.1 Å². The normalized spacial score (nSPS) is 10.1. The van der Waals surface area contributed by atoms with Crippen LogP contribution in [-0.4, -0.2) is 0 Å². The van der Waals surface area contributed by atoms with Crippen molar-refractivity contribution in [1.82, 2.24) is 0 Å². The van der Waals surface area contributed by atoms with Crippen LogP contribution in [0.5, 0.6) is 0 Å². The van der Waals surface area contributed by atoms with E-state index in [4.69, 9.17) is 0 Å². The highest BCUT2D eigenvalue weighted by molar-refractivity contribution is 5.24. The lowest BCUT2D eigenvalue weighted by Gasteiger charge is -2.00.